The van der Waals surface area contributed by atoms with Crippen LogP contribution >= 0.6 is 11.8 Å². The molecule has 0 aliphatic carbocycles. The molecule has 1 saturated heterocycles. The highest BCUT2D eigenvalue weighted by Crippen LogP contribution is 2.22. The van der Waals surface area contributed by atoms with Crippen LogP contribution in [-0.2, 0) is 9.59 Å². The monoisotopic (exact) mass is 292 g/mol. The number of thioether (sulfide) groups is 1. The number of carbonyl (C=O) groups is 2. The van der Waals surface area contributed by atoms with Crippen molar-refractivity contribution in [2.45, 2.75) is 24.7 Å². The summed E-state index contributed by atoms with van der Waals surface area (Å²) in [7, 11) is 0. The number of hydrogen-bond donors (Lipinski definition) is 1. The number of likely N-dealkylation sites (tertiary alicyclic amines) is 1. The smallest absolute Gasteiger partial charge is 0.227 e. The van der Waals surface area contributed by atoms with Gasteiger partial charge in [-0.1, -0.05) is 6.07 Å². The van der Waals surface area contributed by atoms with Crippen molar-refractivity contribution in [1.29, 1.82) is 0 Å². The number of piperidine rings is 1. The van der Waals surface area contributed by atoms with Crippen LogP contribution in [0.25, 0.3) is 0 Å². The molecule has 0 unspecified atom stereocenters. The fourth-order valence-corrected chi connectivity index (χ4v) is 2.86. The number of nitrogens with one attached hydrogen (secondary N) is 1. The number of rotatable bonds is 3. The van der Waals surface area contributed by atoms with Crippen molar-refractivity contribution in [3.05, 3.63) is 24.3 Å². The van der Waals surface area contributed by atoms with Crippen LogP contribution in [0.3, 0.4) is 0 Å². The first-order chi connectivity index (χ1) is 9.60. The Labute approximate surface area is 123 Å². The van der Waals surface area contributed by atoms with E-state index in [0.29, 0.717) is 13.1 Å². The van der Waals surface area contributed by atoms with E-state index in [2.05, 4.69) is 5.32 Å². The first-order valence-corrected chi connectivity index (χ1v) is 8.03. The molecule has 0 spiro atoms. The van der Waals surface area contributed by atoms with Gasteiger partial charge in [-0.3, -0.25) is 9.59 Å². The summed E-state index contributed by atoms with van der Waals surface area (Å²) in [5.74, 6) is 0.159. The van der Waals surface area contributed by atoms with E-state index < -0.39 is 0 Å². The number of nitrogens with zero attached hydrogens (tertiary/aromatic N) is 1. The van der Waals surface area contributed by atoms with E-state index in [1.165, 1.54) is 0 Å². The van der Waals surface area contributed by atoms with Crippen molar-refractivity contribution in [3.63, 3.8) is 0 Å². The van der Waals surface area contributed by atoms with Gasteiger partial charge >= 0.3 is 0 Å². The van der Waals surface area contributed by atoms with Gasteiger partial charge in [0.05, 0.1) is 0 Å². The quantitative estimate of drug-likeness (QED) is 0.871. The predicted octanol–water partition coefficient (Wildman–Crippen LogP) is 2.61. The molecular formula is C15H20N2O2S. The molecule has 0 aromatic heterocycles. The average molecular weight is 292 g/mol. The Morgan fingerprint density at radius 3 is 2.60 bits per heavy atom. The molecule has 108 valence electrons. The van der Waals surface area contributed by atoms with Gasteiger partial charge in [-0.2, -0.15) is 0 Å². The van der Waals surface area contributed by atoms with Gasteiger partial charge in [0.1, 0.15) is 0 Å². The number of benzene rings is 1. The molecule has 1 aliphatic rings. The predicted molar refractivity (Wildman–Crippen MR) is 81.8 cm³/mol. The van der Waals surface area contributed by atoms with Crippen LogP contribution in [-0.4, -0.2) is 36.1 Å². The summed E-state index contributed by atoms with van der Waals surface area (Å²) in [5, 5.41) is 2.97. The summed E-state index contributed by atoms with van der Waals surface area (Å²) in [4.78, 5) is 26.4. The third kappa shape index (κ3) is 3.76. The van der Waals surface area contributed by atoms with E-state index >= 15 is 0 Å². The fourth-order valence-electron chi connectivity index (χ4n) is 2.40. The normalized spacial score (nSPS) is 16.0. The van der Waals surface area contributed by atoms with Crippen LogP contribution in [0.15, 0.2) is 29.2 Å². The SMILES string of the molecule is CSc1cccc(NC(=O)C2CCN(C(C)=O)CC2)c1. The van der Waals surface area contributed by atoms with Crippen molar-refractivity contribution in [2.24, 2.45) is 5.92 Å². The summed E-state index contributed by atoms with van der Waals surface area (Å²) in [6.45, 7) is 2.94. The standard InChI is InChI=1S/C15H20N2O2S/c1-11(18)17-8-6-12(7-9-17)15(19)16-13-4-3-5-14(10-13)20-2/h3-5,10,12H,6-9H2,1-2H3,(H,16,19). The first kappa shape index (κ1) is 14.9. The van der Waals surface area contributed by atoms with Crippen molar-refractivity contribution in [3.8, 4) is 0 Å². The van der Waals surface area contributed by atoms with Gasteiger partial charge < -0.3 is 10.2 Å². The van der Waals surface area contributed by atoms with Crippen molar-refractivity contribution < 1.29 is 9.59 Å². The van der Waals surface area contributed by atoms with Crippen LogP contribution in [0.1, 0.15) is 19.8 Å². The minimum absolute atomic E-state index is 0.00327. The Morgan fingerprint density at radius 1 is 1.30 bits per heavy atom. The molecule has 1 heterocycles. The zero-order chi connectivity index (χ0) is 14.5. The lowest BCUT2D eigenvalue weighted by molar-refractivity contribution is -0.132. The molecule has 0 atom stereocenters. The number of hydrogen-bond acceptors (Lipinski definition) is 3. The van der Waals surface area contributed by atoms with E-state index in [-0.39, 0.29) is 17.7 Å². The highest BCUT2D eigenvalue weighted by molar-refractivity contribution is 7.98. The minimum Gasteiger partial charge on any atom is -0.343 e. The van der Waals surface area contributed by atoms with Crippen molar-refractivity contribution >= 4 is 29.3 Å². The number of amides is 2. The summed E-state index contributed by atoms with van der Waals surface area (Å²) in [5.41, 5.74) is 0.843. The van der Waals surface area contributed by atoms with E-state index in [1.54, 1.807) is 23.6 Å². The van der Waals surface area contributed by atoms with Gasteiger partial charge in [0.2, 0.25) is 11.8 Å². The Bertz CT molecular complexity index is 496. The third-order valence-electron chi connectivity index (χ3n) is 3.65. The van der Waals surface area contributed by atoms with Gasteiger partial charge in [0.15, 0.2) is 0 Å². The van der Waals surface area contributed by atoms with Crippen molar-refractivity contribution in [2.75, 3.05) is 24.7 Å². The second-order valence-electron chi connectivity index (χ2n) is 5.00. The van der Waals surface area contributed by atoms with Crippen LogP contribution in [0, 0.1) is 5.92 Å². The van der Waals surface area contributed by atoms with E-state index in [1.807, 2.05) is 30.5 Å². The first-order valence-electron chi connectivity index (χ1n) is 6.80. The highest BCUT2D eigenvalue weighted by atomic mass is 32.2. The molecule has 1 aliphatic heterocycles. The second-order valence-corrected chi connectivity index (χ2v) is 5.88. The van der Waals surface area contributed by atoms with E-state index in [4.69, 9.17) is 0 Å². The lowest BCUT2D eigenvalue weighted by Gasteiger charge is -2.30. The second kappa shape index (κ2) is 6.79. The Hall–Kier alpha value is -1.49. The van der Waals surface area contributed by atoms with Gasteiger partial charge in [0, 0.05) is 36.5 Å². The molecular weight excluding hydrogens is 272 g/mol. The zero-order valence-corrected chi connectivity index (χ0v) is 12.7. The molecule has 20 heavy (non-hydrogen) atoms. The molecule has 0 bridgehead atoms. The fraction of sp³-hybridized carbons (Fsp3) is 0.467. The van der Waals surface area contributed by atoms with Crippen LogP contribution in [0.4, 0.5) is 5.69 Å². The summed E-state index contributed by atoms with van der Waals surface area (Å²) in [6, 6.07) is 7.85. The molecule has 0 saturated carbocycles. The van der Waals surface area contributed by atoms with Crippen molar-refractivity contribution in [1.82, 2.24) is 4.90 Å². The molecule has 1 aromatic rings. The molecule has 2 amide bonds. The maximum Gasteiger partial charge on any atom is 0.227 e. The summed E-state index contributed by atoms with van der Waals surface area (Å²) in [6.07, 6.45) is 3.50. The average Bonchev–Trinajstić information content (AvgIpc) is 2.47. The maximum absolute atomic E-state index is 12.2. The van der Waals surface area contributed by atoms with Crippen LogP contribution in [0.5, 0.6) is 0 Å². The van der Waals surface area contributed by atoms with E-state index in [9.17, 15) is 9.59 Å². The molecule has 1 N–H and O–H groups in total. The number of anilines is 1. The maximum atomic E-state index is 12.2. The summed E-state index contributed by atoms with van der Waals surface area (Å²) < 4.78 is 0. The Balaban J connectivity index is 1.91. The third-order valence-corrected chi connectivity index (χ3v) is 4.37. The minimum atomic E-state index is 0.00327. The molecule has 4 nitrogen and oxygen atoms in total. The lowest BCUT2D eigenvalue weighted by atomic mass is 9.96. The van der Waals surface area contributed by atoms with Crippen LogP contribution in [0.2, 0.25) is 0 Å². The number of carbonyl (C=O) groups excluding carboxylic acids is 2. The summed E-state index contributed by atoms with van der Waals surface area (Å²) >= 11 is 1.65. The van der Waals surface area contributed by atoms with Gasteiger partial charge in [0.25, 0.3) is 0 Å². The van der Waals surface area contributed by atoms with Gasteiger partial charge in [-0.25, -0.2) is 0 Å². The molecule has 0 radical (unpaired) electrons. The van der Waals surface area contributed by atoms with E-state index in [0.717, 1.165) is 23.4 Å². The molecule has 5 heteroatoms. The highest BCUT2D eigenvalue weighted by Gasteiger charge is 2.25. The lowest BCUT2D eigenvalue weighted by Crippen LogP contribution is -2.40. The zero-order valence-electron chi connectivity index (χ0n) is 11.9. The Morgan fingerprint density at radius 2 is 2.00 bits per heavy atom. The van der Waals surface area contributed by atoms with Crippen LogP contribution < -0.4 is 5.32 Å². The van der Waals surface area contributed by atoms with Gasteiger partial charge in [-0.15, -0.1) is 11.8 Å². The van der Waals surface area contributed by atoms with Gasteiger partial charge in [-0.05, 0) is 37.3 Å². The Kier molecular flexibility index (Phi) is 5.06. The molecule has 1 aromatic carbocycles. The largest absolute Gasteiger partial charge is 0.343 e. The topological polar surface area (TPSA) is 49.4 Å². The molecule has 1 fully saturated rings. The molecule has 2 rings (SSSR count).